The van der Waals surface area contributed by atoms with Crippen molar-refractivity contribution in [2.75, 3.05) is 17.6 Å². The number of amides is 2. The Hall–Kier alpha value is -2.41. The van der Waals surface area contributed by atoms with Crippen molar-refractivity contribution in [3.63, 3.8) is 0 Å². The van der Waals surface area contributed by atoms with Gasteiger partial charge in [0.15, 0.2) is 11.6 Å². The second-order valence-corrected chi connectivity index (χ2v) is 8.07. The number of rotatable bonds is 6. The van der Waals surface area contributed by atoms with Crippen LogP contribution in [0.1, 0.15) is 26.3 Å². The van der Waals surface area contributed by atoms with Crippen molar-refractivity contribution in [2.45, 2.75) is 31.1 Å². The highest BCUT2D eigenvalue weighted by Crippen LogP contribution is 2.25. The molecule has 0 aliphatic rings. The minimum atomic E-state index is -1.05. The van der Waals surface area contributed by atoms with E-state index in [0.717, 1.165) is 17.0 Å². The lowest BCUT2D eigenvalue weighted by molar-refractivity contribution is -0.122. The van der Waals surface area contributed by atoms with E-state index in [4.69, 9.17) is 0 Å². The quantitative estimate of drug-likeness (QED) is 0.728. The molecular weight excluding hydrogens is 370 g/mol. The van der Waals surface area contributed by atoms with Crippen LogP contribution in [0.5, 0.6) is 0 Å². The molecule has 0 saturated carbocycles. The summed E-state index contributed by atoms with van der Waals surface area (Å²) in [6, 6.07) is 11.1. The summed E-state index contributed by atoms with van der Waals surface area (Å²) >= 11 is 1.37. The molecule has 0 fully saturated rings. The molecule has 0 unspecified atom stereocenters. The standard InChI is InChI=1S/C20H22F2N2O2S/c1-20(2,3)13-4-7-15(8-5-13)27-12-19(26)23-11-18(25)24-14-6-9-16(21)17(22)10-14/h4-10H,11-12H2,1-3H3,(H,23,26)(H,24,25). The summed E-state index contributed by atoms with van der Waals surface area (Å²) in [5, 5.41) is 4.89. The van der Waals surface area contributed by atoms with Crippen molar-refractivity contribution >= 4 is 29.3 Å². The lowest BCUT2D eigenvalue weighted by atomic mass is 9.87. The summed E-state index contributed by atoms with van der Waals surface area (Å²) in [6.07, 6.45) is 0. The number of halogens is 2. The van der Waals surface area contributed by atoms with E-state index in [1.807, 2.05) is 24.3 Å². The second kappa shape index (κ2) is 8.99. The summed E-state index contributed by atoms with van der Waals surface area (Å²) in [7, 11) is 0. The molecule has 0 aliphatic heterocycles. The van der Waals surface area contributed by atoms with Crippen molar-refractivity contribution < 1.29 is 18.4 Å². The van der Waals surface area contributed by atoms with Crippen molar-refractivity contribution in [3.05, 3.63) is 59.7 Å². The summed E-state index contributed by atoms with van der Waals surface area (Å²) in [4.78, 5) is 24.6. The van der Waals surface area contributed by atoms with Gasteiger partial charge in [-0.2, -0.15) is 0 Å². The Bertz CT molecular complexity index is 818. The normalized spacial score (nSPS) is 11.1. The fraction of sp³-hybridized carbons (Fsp3) is 0.300. The molecule has 2 aromatic carbocycles. The Morgan fingerprint density at radius 2 is 1.63 bits per heavy atom. The number of carbonyl (C=O) groups excluding carboxylic acids is 2. The second-order valence-electron chi connectivity index (χ2n) is 7.02. The van der Waals surface area contributed by atoms with Crippen molar-refractivity contribution in [2.24, 2.45) is 0 Å². The average molecular weight is 392 g/mol. The molecule has 7 heteroatoms. The van der Waals surface area contributed by atoms with Crippen LogP contribution in [-0.4, -0.2) is 24.1 Å². The molecule has 2 N–H and O–H groups in total. The van der Waals surface area contributed by atoms with Crippen LogP contribution in [0.25, 0.3) is 0 Å². The number of nitrogens with one attached hydrogen (secondary N) is 2. The van der Waals surface area contributed by atoms with Crippen LogP contribution in [0.3, 0.4) is 0 Å². The van der Waals surface area contributed by atoms with Gasteiger partial charge in [0.2, 0.25) is 11.8 Å². The molecule has 2 rings (SSSR count). The van der Waals surface area contributed by atoms with Crippen molar-refractivity contribution in [3.8, 4) is 0 Å². The van der Waals surface area contributed by atoms with Crippen molar-refractivity contribution in [1.29, 1.82) is 0 Å². The predicted molar refractivity (Wildman–Crippen MR) is 104 cm³/mol. The predicted octanol–water partition coefficient (Wildman–Crippen LogP) is 4.11. The molecule has 0 atom stereocenters. The fourth-order valence-corrected chi connectivity index (χ4v) is 2.94. The molecule has 0 heterocycles. The number of anilines is 1. The topological polar surface area (TPSA) is 58.2 Å². The Kier molecular flexibility index (Phi) is 6.96. The highest BCUT2D eigenvalue weighted by molar-refractivity contribution is 8.00. The molecule has 0 spiro atoms. The Morgan fingerprint density at radius 3 is 2.22 bits per heavy atom. The van der Waals surface area contributed by atoms with E-state index in [2.05, 4.69) is 31.4 Å². The van der Waals surface area contributed by atoms with Crippen LogP contribution < -0.4 is 10.6 Å². The van der Waals surface area contributed by atoms with Gasteiger partial charge in [0.25, 0.3) is 0 Å². The third-order valence-corrected chi connectivity index (χ3v) is 4.75. The molecule has 0 bridgehead atoms. The van der Waals surface area contributed by atoms with Gasteiger partial charge < -0.3 is 10.6 Å². The minimum absolute atomic E-state index is 0.0708. The van der Waals surface area contributed by atoms with Gasteiger partial charge >= 0.3 is 0 Å². The van der Waals surface area contributed by atoms with Gasteiger partial charge in [-0.15, -0.1) is 11.8 Å². The smallest absolute Gasteiger partial charge is 0.243 e. The number of hydrogen-bond donors (Lipinski definition) is 2. The van der Waals surface area contributed by atoms with E-state index in [9.17, 15) is 18.4 Å². The first-order valence-corrected chi connectivity index (χ1v) is 9.38. The van der Waals surface area contributed by atoms with E-state index in [1.165, 1.54) is 23.4 Å². The summed E-state index contributed by atoms with van der Waals surface area (Å²) < 4.78 is 25.9. The maximum atomic E-state index is 13.1. The molecule has 2 aromatic rings. The van der Waals surface area contributed by atoms with Gasteiger partial charge in [0.05, 0.1) is 12.3 Å². The van der Waals surface area contributed by atoms with Crippen LogP contribution in [0.15, 0.2) is 47.4 Å². The molecule has 0 radical (unpaired) electrons. The molecule has 2 amide bonds. The number of thioether (sulfide) groups is 1. The highest BCUT2D eigenvalue weighted by Gasteiger charge is 2.13. The number of hydrogen-bond acceptors (Lipinski definition) is 3. The zero-order chi connectivity index (χ0) is 20.0. The lowest BCUT2D eigenvalue weighted by Crippen LogP contribution is -2.33. The third-order valence-electron chi connectivity index (χ3n) is 3.74. The monoisotopic (exact) mass is 392 g/mol. The Labute approximate surface area is 161 Å². The number of benzene rings is 2. The average Bonchev–Trinajstić information content (AvgIpc) is 2.61. The maximum absolute atomic E-state index is 13.1. The van der Waals surface area contributed by atoms with Gasteiger partial charge in [0, 0.05) is 16.6 Å². The first-order valence-electron chi connectivity index (χ1n) is 8.40. The van der Waals surface area contributed by atoms with Gasteiger partial charge in [-0.05, 0) is 35.2 Å². The van der Waals surface area contributed by atoms with Gasteiger partial charge in [-0.25, -0.2) is 8.78 Å². The fourth-order valence-electron chi connectivity index (χ4n) is 2.21. The van der Waals surface area contributed by atoms with Gasteiger partial charge in [-0.1, -0.05) is 32.9 Å². The van der Waals surface area contributed by atoms with Gasteiger partial charge in [0.1, 0.15) is 0 Å². The van der Waals surface area contributed by atoms with E-state index < -0.39 is 17.5 Å². The highest BCUT2D eigenvalue weighted by atomic mass is 32.2. The van der Waals surface area contributed by atoms with Crippen LogP contribution in [0, 0.1) is 11.6 Å². The zero-order valence-electron chi connectivity index (χ0n) is 15.4. The summed E-state index contributed by atoms with van der Waals surface area (Å²) in [6.45, 7) is 6.15. The van der Waals surface area contributed by atoms with E-state index in [0.29, 0.717) is 0 Å². The first-order chi connectivity index (χ1) is 12.6. The van der Waals surface area contributed by atoms with Crippen LogP contribution in [0.2, 0.25) is 0 Å². The summed E-state index contributed by atoms with van der Waals surface area (Å²) in [5.74, 6) is -2.68. The van der Waals surface area contributed by atoms with Gasteiger partial charge in [-0.3, -0.25) is 9.59 Å². The third kappa shape index (κ3) is 6.67. The van der Waals surface area contributed by atoms with Crippen LogP contribution >= 0.6 is 11.8 Å². The van der Waals surface area contributed by atoms with Crippen LogP contribution in [0.4, 0.5) is 14.5 Å². The first kappa shape index (κ1) is 20.9. The van der Waals surface area contributed by atoms with Crippen molar-refractivity contribution in [1.82, 2.24) is 5.32 Å². The summed E-state index contributed by atoms with van der Waals surface area (Å²) in [5.41, 5.74) is 1.41. The Balaban J connectivity index is 1.75. The SMILES string of the molecule is CC(C)(C)c1ccc(SCC(=O)NCC(=O)Nc2ccc(F)c(F)c2)cc1. The molecule has 0 aliphatic carbocycles. The molecular formula is C20H22F2N2O2S. The van der Waals surface area contributed by atoms with E-state index >= 15 is 0 Å². The van der Waals surface area contributed by atoms with E-state index in [1.54, 1.807) is 0 Å². The maximum Gasteiger partial charge on any atom is 0.243 e. The number of carbonyl (C=O) groups is 2. The van der Waals surface area contributed by atoms with E-state index in [-0.39, 0.29) is 29.3 Å². The Morgan fingerprint density at radius 1 is 0.963 bits per heavy atom. The largest absolute Gasteiger partial charge is 0.346 e. The zero-order valence-corrected chi connectivity index (χ0v) is 16.3. The molecule has 27 heavy (non-hydrogen) atoms. The van der Waals surface area contributed by atoms with Crippen LogP contribution in [-0.2, 0) is 15.0 Å². The lowest BCUT2D eigenvalue weighted by Gasteiger charge is -2.19. The molecule has 144 valence electrons. The molecule has 4 nitrogen and oxygen atoms in total. The molecule has 0 saturated heterocycles. The molecule has 0 aromatic heterocycles. The minimum Gasteiger partial charge on any atom is -0.346 e.